The normalized spacial score (nSPS) is 14.0. The summed E-state index contributed by atoms with van der Waals surface area (Å²) in [6.07, 6.45) is -7.79. The van der Waals surface area contributed by atoms with Crippen molar-refractivity contribution < 1.29 is 26.7 Å². The first kappa shape index (κ1) is 18.9. The van der Waals surface area contributed by atoms with Gasteiger partial charge in [0.05, 0.1) is 16.8 Å². The first-order valence-corrected chi connectivity index (χ1v) is 6.94. The van der Waals surface area contributed by atoms with Gasteiger partial charge in [-0.25, -0.2) is 4.39 Å². The maximum absolute atomic E-state index is 13.7. The molecule has 1 atom stereocenters. The molecule has 0 fully saturated rings. The lowest BCUT2D eigenvalue weighted by Crippen LogP contribution is -2.38. The number of ether oxygens (including phenoxy) is 1. The van der Waals surface area contributed by atoms with Gasteiger partial charge in [0.15, 0.2) is 5.54 Å². The van der Waals surface area contributed by atoms with Gasteiger partial charge in [0, 0.05) is 12.3 Å². The highest BCUT2D eigenvalue weighted by molar-refractivity contribution is 6.30. The van der Waals surface area contributed by atoms with Gasteiger partial charge in [0.1, 0.15) is 11.6 Å². The molecule has 1 aromatic heterocycles. The summed E-state index contributed by atoms with van der Waals surface area (Å²) in [5, 5.41) is 9.62. The van der Waals surface area contributed by atoms with Gasteiger partial charge in [0.2, 0.25) is 0 Å². The van der Waals surface area contributed by atoms with Gasteiger partial charge in [-0.05, 0) is 29.8 Å². The molecule has 1 aromatic carbocycles. The number of nitrogens with zero attached hydrogens (tertiary/aromatic N) is 2. The quantitative estimate of drug-likeness (QED) is 0.804. The highest BCUT2D eigenvalue weighted by Gasteiger charge is 2.44. The van der Waals surface area contributed by atoms with E-state index < -0.39 is 29.6 Å². The Morgan fingerprint density at radius 2 is 1.92 bits per heavy atom. The average Bonchev–Trinajstić information content (AvgIpc) is 2.53. The minimum atomic E-state index is -4.84. The highest BCUT2D eigenvalue weighted by atomic mass is 35.5. The monoisotopic (exact) mass is 377 g/mol. The Labute approximate surface area is 143 Å². The number of hydrogen-bond acceptors (Lipinski definition) is 4. The van der Waals surface area contributed by atoms with Crippen LogP contribution >= 0.6 is 11.6 Å². The van der Waals surface area contributed by atoms with E-state index in [1.54, 1.807) is 6.07 Å². The molecular formula is C15H9ClF5N3O. The number of halogens is 6. The fourth-order valence-corrected chi connectivity index (χ4v) is 2.04. The van der Waals surface area contributed by atoms with Gasteiger partial charge in [-0.15, -0.1) is 0 Å². The molecule has 2 rings (SSSR count). The number of alkyl halides is 4. The number of hydrogen-bond donors (Lipinski definition) is 1. The molecule has 0 saturated carbocycles. The number of nitrogens with two attached hydrogens (primary N) is 1. The summed E-state index contributed by atoms with van der Waals surface area (Å²) in [5.41, 5.74) is 3.50. The molecule has 2 N–H and O–H groups in total. The van der Waals surface area contributed by atoms with Crippen LogP contribution in [0.15, 0.2) is 36.5 Å². The van der Waals surface area contributed by atoms with Crippen LogP contribution in [0, 0.1) is 17.1 Å². The summed E-state index contributed by atoms with van der Waals surface area (Å²) < 4.78 is 68.1. The van der Waals surface area contributed by atoms with Crippen molar-refractivity contribution in [2.45, 2.75) is 18.1 Å². The van der Waals surface area contributed by atoms with E-state index in [4.69, 9.17) is 17.3 Å². The Bertz CT molecular complexity index is 810. The summed E-state index contributed by atoms with van der Waals surface area (Å²) in [5.74, 6) is -2.03. The standard InChI is InChI=1S/C15H9ClF5N3O/c16-9-1-2-12(24-6-9)14(23,7-22)8-3-10(17)5-11(4-8)25-15(20,21)13(18)19/h1-6,13H,23H2. The van der Waals surface area contributed by atoms with Gasteiger partial charge in [-0.2, -0.15) is 22.8 Å². The van der Waals surface area contributed by atoms with Gasteiger partial charge in [-0.3, -0.25) is 4.98 Å². The van der Waals surface area contributed by atoms with Crippen LogP contribution in [0.5, 0.6) is 5.75 Å². The van der Waals surface area contributed by atoms with Crippen LogP contribution in [0.2, 0.25) is 5.02 Å². The van der Waals surface area contributed by atoms with Crippen LogP contribution in [0.3, 0.4) is 0 Å². The number of aromatic nitrogens is 1. The summed E-state index contributed by atoms with van der Waals surface area (Å²) in [7, 11) is 0. The van der Waals surface area contributed by atoms with Crippen molar-refractivity contribution >= 4 is 11.6 Å². The van der Waals surface area contributed by atoms with Crippen LogP contribution in [-0.2, 0) is 5.54 Å². The Morgan fingerprint density at radius 1 is 1.24 bits per heavy atom. The highest BCUT2D eigenvalue weighted by Crippen LogP contribution is 2.33. The molecule has 4 nitrogen and oxygen atoms in total. The second-order valence-corrected chi connectivity index (χ2v) is 5.36. The number of benzene rings is 1. The first-order valence-electron chi connectivity index (χ1n) is 6.56. The van der Waals surface area contributed by atoms with E-state index in [2.05, 4.69) is 9.72 Å². The van der Waals surface area contributed by atoms with Crippen molar-refractivity contribution in [3.05, 3.63) is 58.6 Å². The zero-order valence-electron chi connectivity index (χ0n) is 12.2. The van der Waals surface area contributed by atoms with Crippen LogP contribution in [0.1, 0.15) is 11.3 Å². The molecule has 0 radical (unpaired) electrons. The molecule has 1 unspecified atom stereocenters. The lowest BCUT2D eigenvalue weighted by molar-refractivity contribution is -0.253. The SMILES string of the molecule is N#CC(N)(c1cc(F)cc(OC(F)(F)C(F)F)c1)c1ccc(Cl)cn1. The predicted molar refractivity (Wildman–Crippen MR) is 77.8 cm³/mol. The van der Waals surface area contributed by atoms with E-state index >= 15 is 0 Å². The molecular weight excluding hydrogens is 369 g/mol. The average molecular weight is 378 g/mol. The Morgan fingerprint density at radius 3 is 2.44 bits per heavy atom. The summed E-state index contributed by atoms with van der Waals surface area (Å²) in [6.45, 7) is 0. The van der Waals surface area contributed by atoms with E-state index in [0.717, 1.165) is 12.1 Å². The second kappa shape index (κ2) is 6.82. The summed E-state index contributed by atoms with van der Waals surface area (Å²) in [4.78, 5) is 3.85. The van der Waals surface area contributed by atoms with Crippen LogP contribution in [0.25, 0.3) is 0 Å². The van der Waals surface area contributed by atoms with Crippen molar-refractivity contribution in [3.8, 4) is 11.8 Å². The molecule has 0 aliphatic rings. The van der Waals surface area contributed by atoms with E-state index in [1.807, 2.05) is 0 Å². The zero-order chi connectivity index (χ0) is 18.8. The van der Waals surface area contributed by atoms with Gasteiger partial charge in [0.25, 0.3) is 0 Å². The summed E-state index contributed by atoms with van der Waals surface area (Å²) in [6, 6.07) is 6.35. The molecule has 0 aliphatic heterocycles. The van der Waals surface area contributed by atoms with Gasteiger partial charge in [-0.1, -0.05) is 11.6 Å². The fraction of sp³-hybridized carbons (Fsp3) is 0.200. The van der Waals surface area contributed by atoms with Gasteiger partial charge < -0.3 is 10.5 Å². The minimum Gasteiger partial charge on any atom is -0.428 e. The maximum Gasteiger partial charge on any atom is 0.461 e. The van der Waals surface area contributed by atoms with Crippen LogP contribution in [-0.4, -0.2) is 17.5 Å². The van der Waals surface area contributed by atoms with Crippen molar-refractivity contribution in [3.63, 3.8) is 0 Å². The van der Waals surface area contributed by atoms with E-state index in [0.29, 0.717) is 6.07 Å². The first-order chi connectivity index (χ1) is 11.6. The molecule has 0 amide bonds. The van der Waals surface area contributed by atoms with Crippen molar-refractivity contribution in [1.29, 1.82) is 5.26 Å². The third kappa shape index (κ3) is 3.97. The molecule has 0 aliphatic carbocycles. The Balaban J connectivity index is 2.50. The molecule has 2 aromatic rings. The maximum atomic E-state index is 13.7. The Kier molecular flexibility index (Phi) is 5.15. The molecule has 132 valence electrons. The molecule has 25 heavy (non-hydrogen) atoms. The Hall–Kier alpha value is -2.44. The van der Waals surface area contributed by atoms with Gasteiger partial charge >= 0.3 is 12.5 Å². The second-order valence-electron chi connectivity index (χ2n) is 4.92. The third-order valence-corrected chi connectivity index (χ3v) is 3.37. The largest absolute Gasteiger partial charge is 0.461 e. The van der Waals surface area contributed by atoms with Crippen molar-refractivity contribution in [1.82, 2.24) is 4.98 Å². The van der Waals surface area contributed by atoms with Crippen molar-refractivity contribution in [2.75, 3.05) is 0 Å². The van der Waals surface area contributed by atoms with Crippen LogP contribution in [0.4, 0.5) is 22.0 Å². The molecule has 1 heterocycles. The van der Waals surface area contributed by atoms with E-state index in [1.165, 1.54) is 18.3 Å². The predicted octanol–water partition coefficient (Wildman–Crippen LogP) is 3.84. The third-order valence-electron chi connectivity index (χ3n) is 3.14. The topological polar surface area (TPSA) is 71.9 Å². The fourth-order valence-electron chi connectivity index (χ4n) is 1.93. The lowest BCUT2D eigenvalue weighted by atomic mass is 9.88. The lowest BCUT2D eigenvalue weighted by Gasteiger charge is -2.23. The smallest absolute Gasteiger partial charge is 0.428 e. The molecule has 10 heteroatoms. The number of pyridine rings is 1. The van der Waals surface area contributed by atoms with E-state index in [9.17, 15) is 27.2 Å². The minimum absolute atomic E-state index is 0.0587. The molecule has 0 saturated heterocycles. The zero-order valence-corrected chi connectivity index (χ0v) is 12.9. The number of rotatable bonds is 5. The molecule has 0 spiro atoms. The van der Waals surface area contributed by atoms with Crippen molar-refractivity contribution in [2.24, 2.45) is 5.73 Å². The number of nitriles is 1. The van der Waals surface area contributed by atoms with Crippen LogP contribution < -0.4 is 10.5 Å². The summed E-state index contributed by atoms with van der Waals surface area (Å²) >= 11 is 5.68. The van der Waals surface area contributed by atoms with E-state index in [-0.39, 0.29) is 16.3 Å². The molecule has 0 bridgehead atoms.